The molecule has 0 bridgehead atoms. The minimum Gasteiger partial charge on any atom is -0.756 e. The number of nitrogens with one attached hydrogen (secondary N) is 1. The van der Waals surface area contributed by atoms with E-state index in [4.69, 9.17) is 9.05 Å². The van der Waals surface area contributed by atoms with Gasteiger partial charge in [-0.2, -0.15) is 0 Å². The summed E-state index contributed by atoms with van der Waals surface area (Å²) in [5.41, 5.74) is 0. The molecule has 0 heterocycles. The molecule has 61 heavy (non-hydrogen) atoms. The fraction of sp³-hybridized carbons (Fsp3) is 0.712. The van der Waals surface area contributed by atoms with Crippen LogP contribution in [0.3, 0.4) is 0 Å². The van der Waals surface area contributed by atoms with Crippen LogP contribution in [0.25, 0.3) is 0 Å². The van der Waals surface area contributed by atoms with Gasteiger partial charge >= 0.3 is 0 Å². The van der Waals surface area contributed by atoms with E-state index in [9.17, 15) is 19.4 Å². The minimum atomic E-state index is -4.61. The van der Waals surface area contributed by atoms with E-state index in [-0.39, 0.29) is 12.5 Å². The van der Waals surface area contributed by atoms with E-state index in [1.54, 1.807) is 6.08 Å². The lowest BCUT2D eigenvalue weighted by molar-refractivity contribution is -0.870. The zero-order valence-corrected chi connectivity index (χ0v) is 40.7. The highest BCUT2D eigenvalue weighted by atomic mass is 31.2. The SMILES string of the molecule is CC/C=C\C/C=C\C/C=C\C/C=C\C/C=C\CCCCCCCC(=O)NC(COP(=O)([O-])OCC[N+](C)(C)C)C(O)/C=C/CC/C=C/CCCCCCCCCCCCCC. The van der Waals surface area contributed by atoms with Gasteiger partial charge in [0.15, 0.2) is 0 Å². The van der Waals surface area contributed by atoms with Crippen LogP contribution in [0.4, 0.5) is 0 Å². The maximum atomic E-state index is 12.9. The van der Waals surface area contributed by atoms with Crippen LogP contribution >= 0.6 is 7.82 Å². The molecule has 0 rings (SSSR count). The number of aliphatic hydroxyl groups excluding tert-OH is 1. The number of allylic oxidation sites excluding steroid dienone is 13. The summed E-state index contributed by atoms with van der Waals surface area (Å²) in [4.78, 5) is 25.4. The number of nitrogens with zero attached hydrogens (tertiary/aromatic N) is 1. The largest absolute Gasteiger partial charge is 0.756 e. The summed E-state index contributed by atoms with van der Waals surface area (Å²) in [6, 6.07) is -0.919. The quantitative estimate of drug-likeness (QED) is 0.0273. The van der Waals surface area contributed by atoms with Crippen LogP contribution in [-0.4, -0.2) is 68.5 Å². The molecule has 0 saturated carbocycles. The number of hydrogen-bond donors (Lipinski definition) is 2. The molecule has 0 aliphatic carbocycles. The number of unbranched alkanes of at least 4 members (excludes halogenated alkanes) is 18. The van der Waals surface area contributed by atoms with Crippen molar-refractivity contribution in [2.24, 2.45) is 0 Å². The average molecular weight is 873 g/mol. The topological polar surface area (TPSA) is 108 Å². The number of carbonyl (C=O) groups is 1. The van der Waals surface area contributed by atoms with Gasteiger partial charge in [-0.05, 0) is 77.0 Å². The van der Waals surface area contributed by atoms with E-state index in [0.29, 0.717) is 17.4 Å². The first-order valence-electron chi connectivity index (χ1n) is 24.4. The van der Waals surface area contributed by atoms with Crippen LogP contribution in [0, 0.1) is 0 Å². The molecule has 0 fully saturated rings. The van der Waals surface area contributed by atoms with Crippen LogP contribution in [0.2, 0.25) is 0 Å². The van der Waals surface area contributed by atoms with Crippen molar-refractivity contribution in [1.82, 2.24) is 5.32 Å². The number of hydrogen-bond acceptors (Lipinski definition) is 6. The van der Waals surface area contributed by atoms with E-state index >= 15 is 0 Å². The fourth-order valence-electron chi connectivity index (χ4n) is 6.49. The lowest BCUT2D eigenvalue weighted by atomic mass is 10.0. The number of carbonyl (C=O) groups excluding carboxylic acids is 1. The Bertz CT molecular complexity index is 1260. The first-order valence-corrected chi connectivity index (χ1v) is 25.9. The lowest BCUT2D eigenvalue weighted by Crippen LogP contribution is -2.45. The zero-order chi connectivity index (χ0) is 45.0. The Balaban J connectivity index is 4.46. The van der Waals surface area contributed by atoms with Crippen LogP contribution in [0.1, 0.15) is 187 Å². The number of quaternary nitrogens is 1. The number of rotatable bonds is 43. The summed E-state index contributed by atoms with van der Waals surface area (Å²) in [5, 5.41) is 13.8. The van der Waals surface area contributed by atoms with Gasteiger partial charge in [-0.25, -0.2) is 0 Å². The standard InChI is InChI=1S/C52H93N2O6P/c1-6-8-10-12-14-16-18-20-22-24-26-27-28-30-32-34-36-38-40-42-44-46-52(56)53-50(49-60-61(57,58)59-48-47-54(3,4)5)51(55)45-43-41-39-37-35-33-31-29-25-23-21-19-17-15-13-11-9-7-2/h8,10,14,16,20,22,26-27,30,32,35,37,43,45,50-51,55H,6-7,9,11-13,15,17-19,21,23-25,28-29,31,33-34,36,38-42,44,46-49H2,1-5H3,(H-,53,56,57,58)/b10-8-,16-14-,22-20-,27-26-,32-30-,37-35+,45-43+. The molecule has 9 heteroatoms. The van der Waals surface area contributed by atoms with E-state index in [1.807, 2.05) is 27.2 Å². The smallest absolute Gasteiger partial charge is 0.268 e. The maximum Gasteiger partial charge on any atom is 0.268 e. The highest BCUT2D eigenvalue weighted by Crippen LogP contribution is 2.38. The average Bonchev–Trinajstić information content (AvgIpc) is 3.21. The molecule has 0 radical (unpaired) electrons. The molecular weight excluding hydrogens is 780 g/mol. The highest BCUT2D eigenvalue weighted by molar-refractivity contribution is 7.45. The van der Waals surface area contributed by atoms with Crippen LogP contribution in [0.15, 0.2) is 85.1 Å². The molecule has 0 aliphatic rings. The van der Waals surface area contributed by atoms with Crippen molar-refractivity contribution in [1.29, 1.82) is 0 Å². The Morgan fingerprint density at radius 1 is 0.590 bits per heavy atom. The van der Waals surface area contributed by atoms with Gasteiger partial charge in [0.1, 0.15) is 13.2 Å². The number of phosphoric ester groups is 1. The Kier molecular flexibility index (Phi) is 41.3. The molecule has 0 aromatic rings. The second-order valence-electron chi connectivity index (χ2n) is 17.4. The van der Waals surface area contributed by atoms with E-state index in [0.717, 1.165) is 89.9 Å². The van der Waals surface area contributed by atoms with Gasteiger partial charge in [0.2, 0.25) is 5.91 Å². The van der Waals surface area contributed by atoms with Crippen molar-refractivity contribution in [3.8, 4) is 0 Å². The van der Waals surface area contributed by atoms with Crippen molar-refractivity contribution >= 4 is 13.7 Å². The second-order valence-corrected chi connectivity index (χ2v) is 18.8. The monoisotopic (exact) mass is 873 g/mol. The predicted octanol–water partition coefficient (Wildman–Crippen LogP) is 13.5. The van der Waals surface area contributed by atoms with Crippen LogP contribution < -0.4 is 10.2 Å². The van der Waals surface area contributed by atoms with E-state index < -0.39 is 26.6 Å². The predicted molar refractivity (Wildman–Crippen MR) is 260 cm³/mol. The molecule has 1 amide bonds. The van der Waals surface area contributed by atoms with Gasteiger partial charge in [-0.3, -0.25) is 9.36 Å². The van der Waals surface area contributed by atoms with Crippen LogP contribution in [0.5, 0.6) is 0 Å². The van der Waals surface area contributed by atoms with Gasteiger partial charge in [-0.1, -0.05) is 189 Å². The van der Waals surface area contributed by atoms with Gasteiger partial charge in [0.25, 0.3) is 7.82 Å². The molecule has 0 spiro atoms. The molecule has 0 saturated heterocycles. The van der Waals surface area contributed by atoms with Crippen molar-refractivity contribution in [3.63, 3.8) is 0 Å². The summed E-state index contributed by atoms with van der Waals surface area (Å²) < 4.78 is 23.2. The zero-order valence-electron chi connectivity index (χ0n) is 39.8. The first kappa shape index (κ1) is 58.7. The minimum absolute atomic E-state index is 0.0150. The fourth-order valence-corrected chi connectivity index (χ4v) is 7.21. The third-order valence-corrected chi connectivity index (χ3v) is 11.3. The Labute approximate surface area is 376 Å². The van der Waals surface area contributed by atoms with E-state index in [1.165, 1.54) is 77.0 Å². The molecule has 0 aromatic carbocycles. The number of aliphatic hydroxyl groups is 1. The number of likely N-dealkylation sites (N-methyl/N-ethyl adjacent to an activating group) is 1. The molecular formula is C52H93N2O6P. The highest BCUT2D eigenvalue weighted by Gasteiger charge is 2.23. The van der Waals surface area contributed by atoms with Gasteiger partial charge in [0.05, 0.1) is 39.9 Å². The molecule has 0 aliphatic heterocycles. The molecule has 2 N–H and O–H groups in total. The Morgan fingerprint density at radius 2 is 1.02 bits per heavy atom. The van der Waals surface area contributed by atoms with Crippen molar-refractivity contribution in [2.75, 3.05) is 40.9 Å². The van der Waals surface area contributed by atoms with Crippen molar-refractivity contribution in [2.45, 2.75) is 199 Å². The summed E-state index contributed by atoms with van der Waals surface area (Å²) >= 11 is 0. The van der Waals surface area contributed by atoms with E-state index in [2.05, 4.69) is 92.1 Å². The molecule has 3 atom stereocenters. The van der Waals surface area contributed by atoms with Gasteiger partial charge in [-0.15, -0.1) is 0 Å². The Hall–Kier alpha value is -2.32. The molecule has 352 valence electrons. The van der Waals surface area contributed by atoms with Crippen LogP contribution in [-0.2, 0) is 18.4 Å². The second kappa shape index (κ2) is 43.0. The summed E-state index contributed by atoms with van der Waals surface area (Å²) in [5.74, 6) is -0.229. The number of phosphoric acid groups is 1. The van der Waals surface area contributed by atoms with Gasteiger partial charge in [0, 0.05) is 6.42 Å². The van der Waals surface area contributed by atoms with Crippen molar-refractivity contribution in [3.05, 3.63) is 85.1 Å². The molecule has 3 unspecified atom stereocenters. The molecule has 0 aromatic heterocycles. The van der Waals surface area contributed by atoms with Crippen molar-refractivity contribution < 1.29 is 32.9 Å². The summed E-state index contributed by atoms with van der Waals surface area (Å²) in [6.45, 7) is 4.48. The summed E-state index contributed by atoms with van der Waals surface area (Å²) in [7, 11) is 1.22. The summed E-state index contributed by atoms with van der Waals surface area (Å²) in [6.07, 6.45) is 59.2. The van der Waals surface area contributed by atoms with Gasteiger partial charge < -0.3 is 28.8 Å². The third-order valence-electron chi connectivity index (χ3n) is 10.3. The molecule has 8 nitrogen and oxygen atoms in total. The first-order chi connectivity index (χ1) is 29.5. The normalized spacial score (nSPS) is 14.9. The lowest BCUT2D eigenvalue weighted by Gasteiger charge is -2.29. The Morgan fingerprint density at radius 3 is 1.52 bits per heavy atom. The maximum absolute atomic E-state index is 12.9. The third kappa shape index (κ3) is 45.5. The number of amides is 1.